The highest BCUT2D eigenvalue weighted by molar-refractivity contribution is 6.04. The van der Waals surface area contributed by atoms with Gasteiger partial charge in [-0.25, -0.2) is 9.59 Å². The first kappa shape index (κ1) is 27.8. The van der Waals surface area contributed by atoms with Gasteiger partial charge in [0, 0.05) is 35.7 Å². The quantitative estimate of drug-likeness (QED) is 0.270. The first-order valence-electron chi connectivity index (χ1n) is 12.8. The Morgan fingerprint density at radius 2 is 1.51 bits per heavy atom. The number of aromatic nitrogens is 1. The molecule has 1 heterocycles. The van der Waals surface area contributed by atoms with Crippen LogP contribution in [-0.4, -0.2) is 37.2 Å². The van der Waals surface area contributed by atoms with Crippen LogP contribution in [0, 0.1) is 32.6 Å². The number of rotatable bonds is 9. The van der Waals surface area contributed by atoms with Crippen molar-refractivity contribution in [2.24, 2.45) is 11.8 Å². The number of nitrogens with zero attached hydrogens (tertiary/aromatic N) is 1. The van der Waals surface area contributed by atoms with Crippen molar-refractivity contribution in [2.75, 3.05) is 35.7 Å². The van der Waals surface area contributed by atoms with E-state index in [0.29, 0.717) is 28.8 Å². The first-order chi connectivity index (χ1) is 17.5. The molecule has 2 amide bonds. The number of nitrogens with one attached hydrogen (secondary N) is 3. The van der Waals surface area contributed by atoms with Crippen molar-refractivity contribution in [1.82, 2.24) is 4.98 Å². The number of carbonyl (C=O) groups is 2. The molecule has 0 radical (unpaired) electrons. The van der Waals surface area contributed by atoms with E-state index < -0.39 is 5.97 Å². The van der Waals surface area contributed by atoms with Crippen LogP contribution in [-0.2, 0) is 4.74 Å². The third kappa shape index (κ3) is 6.94. The number of carbonyl (C=O) groups excluding carboxylic acids is 2. The molecule has 37 heavy (non-hydrogen) atoms. The average Bonchev–Trinajstić information content (AvgIpc) is 3.12. The molecule has 0 saturated heterocycles. The average molecular weight is 505 g/mol. The predicted octanol–water partition coefficient (Wildman–Crippen LogP) is 7.16. The summed E-state index contributed by atoms with van der Waals surface area (Å²) in [6, 6.07) is 13.3. The normalized spacial score (nSPS) is 11.1. The van der Waals surface area contributed by atoms with Crippen molar-refractivity contribution < 1.29 is 14.3 Å². The molecule has 3 rings (SSSR count). The molecule has 7 nitrogen and oxygen atoms in total. The lowest BCUT2D eigenvalue weighted by Gasteiger charge is -2.31. The number of methoxy groups -OCH3 is 1. The van der Waals surface area contributed by atoms with Crippen LogP contribution in [0.15, 0.2) is 42.5 Å². The number of hydrogen-bond donors (Lipinski definition) is 3. The lowest BCUT2D eigenvalue weighted by atomic mass is 9.98. The number of anilines is 3. The summed E-state index contributed by atoms with van der Waals surface area (Å²) in [6.45, 7) is 16.2. The first-order valence-corrected chi connectivity index (χ1v) is 12.8. The van der Waals surface area contributed by atoms with Crippen molar-refractivity contribution in [2.45, 2.75) is 48.5 Å². The van der Waals surface area contributed by atoms with E-state index in [1.165, 1.54) is 7.11 Å². The molecular formula is C30H40N4O3. The maximum atomic E-state index is 13.1. The minimum Gasteiger partial charge on any atom is -0.465 e. The molecule has 2 aromatic carbocycles. The van der Waals surface area contributed by atoms with Gasteiger partial charge >= 0.3 is 12.0 Å². The molecule has 198 valence electrons. The van der Waals surface area contributed by atoms with Gasteiger partial charge in [0.05, 0.1) is 24.0 Å². The van der Waals surface area contributed by atoms with E-state index >= 15 is 0 Å². The van der Waals surface area contributed by atoms with E-state index in [4.69, 9.17) is 4.74 Å². The summed E-state index contributed by atoms with van der Waals surface area (Å²) in [5.74, 6) is 0.482. The van der Waals surface area contributed by atoms with E-state index in [9.17, 15) is 9.59 Å². The lowest BCUT2D eigenvalue weighted by Crippen LogP contribution is -2.32. The van der Waals surface area contributed by atoms with Gasteiger partial charge in [-0.05, 0) is 62.4 Å². The van der Waals surface area contributed by atoms with Gasteiger partial charge in [-0.1, -0.05) is 51.5 Å². The fourth-order valence-corrected chi connectivity index (χ4v) is 4.64. The Morgan fingerprint density at radius 3 is 2.08 bits per heavy atom. The highest BCUT2D eigenvalue weighted by atomic mass is 16.5. The van der Waals surface area contributed by atoms with Crippen molar-refractivity contribution in [3.8, 4) is 11.1 Å². The Hall–Kier alpha value is -3.74. The standard InChI is InChI=1S/C30H40N4O3/c1-18(2)16-34(17-19(3)4)26-14-11-23(27-21(6)31-22(7)28(27)29(35)37-8)15-25(26)33-30(36)32-24-12-9-20(5)10-13-24/h9-15,18-19,31H,16-17H2,1-8H3,(H2,32,33,36). The molecule has 1 aromatic heterocycles. The SMILES string of the molecule is COC(=O)c1c(C)[nH]c(C)c1-c1ccc(N(CC(C)C)CC(C)C)c(NC(=O)Nc2ccc(C)cc2)c1. The zero-order valence-corrected chi connectivity index (χ0v) is 23.3. The maximum absolute atomic E-state index is 13.1. The molecule has 0 aliphatic rings. The van der Waals surface area contributed by atoms with Crippen molar-refractivity contribution in [1.29, 1.82) is 0 Å². The molecule has 0 aliphatic carbocycles. The van der Waals surface area contributed by atoms with E-state index in [0.717, 1.165) is 46.9 Å². The van der Waals surface area contributed by atoms with Crippen LogP contribution in [0.5, 0.6) is 0 Å². The summed E-state index contributed by atoms with van der Waals surface area (Å²) in [7, 11) is 1.38. The number of amides is 2. The van der Waals surface area contributed by atoms with Crippen LogP contribution >= 0.6 is 0 Å². The number of hydrogen-bond acceptors (Lipinski definition) is 4. The van der Waals surface area contributed by atoms with Crippen molar-refractivity contribution >= 4 is 29.1 Å². The van der Waals surface area contributed by atoms with E-state index in [1.54, 1.807) is 0 Å². The Morgan fingerprint density at radius 1 is 0.892 bits per heavy atom. The van der Waals surface area contributed by atoms with Gasteiger partial charge < -0.3 is 25.3 Å². The van der Waals surface area contributed by atoms with Gasteiger partial charge in [0.25, 0.3) is 0 Å². The lowest BCUT2D eigenvalue weighted by molar-refractivity contribution is 0.0601. The molecule has 0 aliphatic heterocycles. The smallest absolute Gasteiger partial charge is 0.340 e. The van der Waals surface area contributed by atoms with Gasteiger partial charge in [0.15, 0.2) is 0 Å². The van der Waals surface area contributed by atoms with Crippen LogP contribution in [0.2, 0.25) is 0 Å². The topological polar surface area (TPSA) is 86.5 Å². The fraction of sp³-hybridized carbons (Fsp3) is 0.400. The summed E-state index contributed by atoms with van der Waals surface area (Å²) in [5.41, 5.74) is 7.17. The van der Waals surface area contributed by atoms with Crippen molar-refractivity contribution in [3.05, 3.63) is 65.0 Å². The number of benzene rings is 2. The second-order valence-corrected chi connectivity index (χ2v) is 10.5. The van der Waals surface area contributed by atoms with E-state index in [1.807, 2.05) is 63.2 Å². The number of urea groups is 1. The zero-order valence-electron chi connectivity index (χ0n) is 23.3. The predicted molar refractivity (Wildman–Crippen MR) is 153 cm³/mol. The van der Waals surface area contributed by atoms with Crippen LogP contribution in [0.1, 0.15) is 55.0 Å². The number of aryl methyl sites for hydroxylation is 3. The molecule has 0 bridgehead atoms. The highest BCUT2D eigenvalue weighted by Gasteiger charge is 2.23. The Kier molecular flexibility index (Phi) is 9.03. The molecule has 7 heteroatoms. The van der Waals surface area contributed by atoms with E-state index in [-0.39, 0.29) is 6.03 Å². The van der Waals surface area contributed by atoms with Crippen LogP contribution in [0.25, 0.3) is 11.1 Å². The zero-order chi connectivity index (χ0) is 27.3. The third-order valence-electron chi connectivity index (χ3n) is 6.12. The van der Waals surface area contributed by atoms with Gasteiger partial charge in [-0.3, -0.25) is 0 Å². The second kappa shape index (κ2) is 12.0. The number of H-pyrrole nitrogens is 1. The molecule has 0 unspecified atom stereocenters. The van der Waals surface area contributed by atoms with Crippen LogP contribution < -0.4 is 15.5 Å². The van der Waals surface area contributed by atoms with E-state index in [2.05, 4.69) is 48.2 Å². The number of ether oxygens (including phenoxy) is 1. The van der Waals surface area contributed by atoms with Crippen LogP contribution in [0.3, 0.4) is 0 Å². The van der Waals surface area contributed by atoms with Crippen LogP contribution in [0.4, 0.5) is 21.9 Å². The Bertz CT molecular complexity index is 1230. The van der Waals surface area contributed by atoms with Gasteiger partial charge in [0.2, 0.25) is 0 Å². The summed E-state index contributed by atoms with van der Waals surface area (Å²) in [6.07, 6.45) is 0. The second-order valence-electron chi connectivity index (χ2n) is 10.5. The maximum Gasteiger partial charge on any atom is 0.340 e. The molecule has 0 spiro atoms. The minimum absolute atomic E-state index is 0.327. The van der Waals surface area contributed by atoms with Crippen molar-refractivity contribution in [3.63, 3.8) is 0 Å². The highest BCUT2D eigenvalue weighted by Crippen LogP contribution is 2.37. The summed E-state index contributed by atoms with van der Waals surface area (Å²) >= 11 is 0. The molecule has 0 saturated carbocycles. The molecule has 3 aromatic rings. The van der Waals surface area contributed by atoms with Gasteiger partial charge in [-0.2, -0.15) is 0 Å². The van der Waals surface area contributed by atoms with Gasteiger partial charge in [0.1, 0.15) is 0 Å². The van der Waals surface area contributed by atoms with Gasteiger partial charge in [-0.15, -0.1) is 0 Å². The molecular weight excluding hydrogens is 464 g/mol. The number of aromatic amines is 1. The molecule has 0 fully saturated rings. The summed E-state index contributed by atoms with van der Waals surface area (Å²) in [4.78, 5) is 31.3. The third-order valence-corrected chi connectivity index (χ3v) is 6.12. The number of esters is 1. The largest absolute Gasteiger partial charge is 0.465 e. The summed E-state index contributed by atoms with van der Waals surface area (Å²) < 4.78 is 5.06. The minimum atomic E-state index is -0.395. The summed E-state index contributed by atoms with van der Waals surface area (Å²) in [5, 5.41) is 6.01. The molecule has 3 N–H and O–H groups in total. The Labute approximate surface area is 220 Å². The Balaban J connectivity index is 2.08. The fourth-order valence-electron chi connectivity index (χ4n) is 4.64. The molecule has 0 atom stereocenters. The monoisotopic (exact) mass is 504 g/mol.